The van der Waals surface area contributed by atoms with Crippen LogP contribution in [-0.4, -0.2) is 27.1 Å². The third-order valence-corrected chi connectivity index (χ3v) is 4.10. The first-order chi connectivity index (χ1) is 5.27. The summed E-state index contributed by atoms with van der Waals surface area (Å²) in [6.07, 6.45) is 0. The Morgan fingerprint density at radius 2 is 1.70 bits per heavy atom. The SMILES string of the molecule is COP(C)(=O)OP(C)(C)=O.[2H][2H]. The fraction of sp³-hybridized carbons (Fsp3) is 1.00. The van der Waals surface area contributed by atoms with Gasteiger partial charge in [0.05, 0.1) is 0 Å². The molecule has 0 aliphatic rings. The Bertz CT molecular complexity index is 201. The second kappa shape index (κ2) is 3.19. The fourth-order valence-corrected chi connectivity index (χ4v) is 3.51. The zero-order chi connectivity index (χ0) is 10.4. The van der Waals surface area contributed by atoms with Crippen LogP contribution in [0.2, 0.25) is 0 Å². The molecule has 0 aromatic heterocycles. The Balaban J connectivity index is 0. The Labute approximate surface area is 64.0 Å². The van der Waals surface area contributed by atoms with Crippen LogP contribution in [0.3, 0.4) is 0 Å². The van der Waals surface area contributed by atoms with E-state index in [1.54, 1.807) is 0 Å². The summed E-state index contributed by atoms with van der Waals surface area (Å²) in [7, 11) is -4.49. The van der Waals surface area contributed by atoms with Crippen molar-refractivity contribution in [2.75, 3.05) is 27.1 Å². The van der Waals surface area contributed by atoms with Gasteiger partial charge < -0.3 is 4.52 Å². The molecular weight excluding hydrogens is 174 g/mol. The summed E-state index contributed by atoms with van der Waals surface area (Å²) in [5, 5.41) is 0. The van der Waals surface area contributed by atoms with Crippen LogP contribution in [0, 0.1) is 0 Å². The van der Waals surface area contributed by atoms with Gasteiger partial charge in [-0.15, -0.1) is 0 Å². The highest BCUT2D eigenvalue weighted by molar-refractivity contribution is 7.68. The Morgan fingerprint density at radius 3 is 1.80 bits per heavy atom. The molecule has 0 aromatic carbocycles. The molecular formula is C4H14O4P2. The monoisotopic (exact) mass is 190 g/mol. The van der Waals surface area contributed by atoms with E-state index >= 15 is 0 Å². The minimum absolute atomic E-state index is 1.26. The molecule has 0 N–H and O–H groups in total. The van der Waals surface area contributed by atoms with Crippen molar-refractivity contribution in [1.29, 1.82) is 0 Å². The lowest BCUT2D eigenvalue weighted by Gasteiger charge is -2.13. The van der Waals surface area contributed by atoms with Crippen molar-refractivity contribution in [2.24, 2.45) is 0 Å². The molecule has 0 aromatic rings. The van der Waals surface area contributed by atoms with Gasteiger partial charge in [0.25, 0.3) is 0 Å². The number of rotatable bonds is 3. The van der Waals surface area contributed by atoms with Gasteiger partial charge in [0, 0.05) is 30.1 Å². The van der Waals surface area contributed by atoms with Gasteiger partial charge in [-0.25, -0.2) is 0 Å². The summed E-state index contributed by atoms with van der Waals surface area (Å²) in [5.41, 5.74) is 0. The van der Waals surface area contributed by atoms with Crippen LogP contribution in [0.15, 0.2) is 0 Å². The molecule has 0 saturated heterocycles. The third-order valence-electron chi connectivity index (χ3n) is 0.677. The van der Waals surface area contributed by atoms with E-state index < -0.39 is 15.0 Å². The van der Waals surface area contributed by atoms with Crippen molar-refractivity contribution in [2.45, 2.75) is 0 Å². The molecule has 0 fully saturated rings. The minimum atomic E-state index is -3.06. The van der Waals surface area contributed by atoms with Crippen molar-refractivity contribution in [3.8, 4) is 0 Å². The van der Waals surface area contributed by atoms with E-state index in [0.29, 0.717) is 0 Å². The smallest absolute Gasteiger partial charge is 0.312 e. The average molecular weight is 190 g/mol. The summed E-state index contributed by atoms with van der Waals surface area (Å²) in [4.78, 5) is 0. The van der Waals surface area contributed by atoms with E-state index in [0.717, 1.165) is 0 Å². The quantitative estimate of drug-likeness (QED) is 0.640. The molecule has 0 radical (unpaired) electrons. The molecule has 0 aliphatic carbocycles. The zero-order valence-electron chi connectivity index (χ0n) is 8.53. The van der Waals surface area contributed by atoms with Crippen molar-refractivity contribution < 1.29 is 20.9 Å². The van der Waals surface area contributed by atoms with Gasteiger partial charge in [-0.2, -0.15) is 0 Å². The van der Waals surface area contributed by atoms with Crippen molar-refractivity contribution in [3.05, 3.63) is 0 Å². The van der Waals surface area contributed by atoms with Crippen LogP contribution < -0.4 is 0 Å². The molecule has 4 nitrogen and oxygen atoms in total. The molecule has 0 heterocycles. The topological polar surface area (TPSA) is 52.6 Å². The first-order valence-corrected chi connectivity index (χ1v) is 7.17. The number of hydrogen-bond acceptors (Lipinski definition) is 4. The van der Waals surface area contributed by atoms with Crippen molar-refractivity contribution in [1.82, 2.24) is 0 Å². The van der Waals surface area contributed by atoms with Crippen LogP contribution >= 0.6 is 15.0 Å². The summed E-state index contributed by atoms with van der Waals surface area (Å²) in [6, 6.07) is 0. The molecule has 0 bridgehead atoms. The maximum atomic E-state index is 11.0. The first kappa shape index (κ1) is 8.48. The van der Waals surface area contributed by atoms with Gasteiger partial charge in [-0.05, 0) is 0 Å². The van der Waals surface area contributed by atoms with E-state index in [1.165, 1.54) is 27.1 Å². The summed E-state index contributed by atoms with van der Waals surface area (Å²) < 4.78 is 41.0. The summed E-state index contributed by atoms with van der Waals surface area (Å²) >= 11 is 0. The van der Waals surface area contributed by atoms with E-state index in [-0.39, 0.29) is 0 Å². The van der Waals surface area contributed by atoms with Gasteiger partial charge in [-0.3, -0.25) is 13.4 Å². The molecule has 0 spiro atoms. The van der Waals surface area contributed by atoms with Crippen molar-refractivity contribution in [3.63, 3.8) is 0 Å². The maximum Gasteiger partial charge on any atom is 0.332 e. The average Bonchev–Trinajstić information content (AvgIpc) is 1.88. The van der Waals surface area contributed by atoms with Crippen molar-refractivity contribution >= 4 is 15.0 Å². The fourth-order valence-electron chi connectivity index (χ4n) is 0.391. The van der Waals surface area contributed by atoms with E-state index in [1.807, 2.05) is 0 Å². The van der Waals surface area contributed by atoms with Gasteiger partial charge in [0.15, 0.2) is 0 Å². The van der Waals surface area contributed by atoms with Gasteiger partial charge in [0.2, 0.25) is 7.37 Å². The molecule has 0 aliphatic heterocycles. The molecule has 6 heteroatoms. The van der Waals surface area contributed by atoms with E-state index in [9.17, 15) is 9.13 Å². The van der Waals surface area contributed by atoms with Crippen LogP contribution in [-0.2, 0) is 18.0 Å². The largest absolute Gasteiger partial charge is 0.332 e. The molecule has 0 amide bonds. The molecule has 1 unspecified atom stereocenters. The highest BCUT2D eigenvalue weighted by Gasteiger charge is 2.22. The molecule has 10 heavy (non-hydrogen) atoms. The first-order valence-electron chi connectivity index (χ1n) is 3.66. The Morgan fingerprint density at radius 1 is 1.30 bits per heavy atom. The lowest BCUT2D eigenvalue weighted by Crippen LogP contribution is -1.87. The van der Waals surface area contributed by atoms with E-state index in [2.05, 4.69) is 8.83 Å². The zero-order valence-corrected chi connectivity index (χ0v) is 8.32. The normalized spacial score (nSPS) is 19.2. The number of hydrogen-bond donors (Lipinski definition) is 0. The van der Waals surface area contributed by atoms with E-state index in [4.69, 9.17) is 2.97 Å². The second-order valence-corrected chi connectivity index (χ2v) is 7.35. The van der Waals surface area contributed by atoms with Gasteiger partial charge in [-0.1, -0.05) is 0 Å². The minimum Gasteiger partial charge on any atom is -0.312 e. The third kappa shape index (κ3) is 5.19. The van der Waals surface area contributed by atoms with Crippen LogP contribution in [0.25, 0.3) is 0 Å². The highest BCUT2D eigenvalue weighted by atomic mass is 31.3. The standard InChI is InChI=1S/C4H12O4P2.H2/c1-7-10(4,6)8-9(2,3)5;/h1-4H3;1H/i;1+1D. The summed E-state index contributed by atoms with van der Waals surface area (Å²) in [6.45, 7) is 4.07. The van der Waals surface area contributed by atoms with Crippen LogP contribution in [0.1, 0.15) is 2.97 Å². The Kier molecular flexibility index (Phi) is 2.70. The predicted octanol–water partition coefficient (Wildman–Crippen LogP) is 2.26. The lowest BCUT2D eigenvalue weighted by atomic mass is 11.8. The Hall–Kier alpha value is 0.380. The molecule has 0 rings (SSSR count). The van der Waals surface area contributed by atoms with Crippen LogP contribution in [0.4, 0.5) is 0 Å². The van der Waals surface area contributed by atoms with Crippen LogP contribution in [0.5, 0.6) is 0 Å². The summed E-state index contributed by atoms with van der Waals surface area (Å²) in [5.74, 6) is 0. The van der Waals surface area contributed by atoms with Gasteiger partial charge in [0.1, 0.15) is 0 Å². The highest BCUT2D eigenvalue weighted by Crippen LogP contribution is 2.57. The molecule has 1 atom stereocenters. The molecule has 64 valence electrons. The molecule has 0 saturated carbocycles. The second-order valence-electron chi connectivity index (χ2n) is 2.29. The lowest BCUT2D eigenvalue weighted by molar-refractivity contribution is 0.329. The predicted molar refractivity (Wildman–Crippen MR) is 43.2 cm³/mol. The maximum absolute atomic E-state index is 11.0. The van der Waals surface area contributed by atoms with Gasteiger partial charge >= 0.3 is 7.60 Å².